The summed E-state index contributed by atoms with van der Waals surface area (Å²) >= 11 is 0. The van der Waals surface area contributed by atoms with Gasteiger partial charge in [-0.25, -0.2) is 9.49 Å². The Morgan fingerprint density at radius 1 is 0.731 bits per heavy atom. The average molecular weight is 916 g/mol. The van der Waals surface area contributed by atoms with Gasteiger partial charge in [-0.3, -0.25) is 28.9 Å². The SMILES string of the molecule is O=C(N[C@@H](C(=O)N1CCC(CN2CCN(CC(=O)N3CCN(C(=O)c4cc(Cc5n[nH]c(=O)c6ccccc56)ccc4F)CC3)CC2)CC1)C1CCCCC1)c1cccc([C@@H]2CCCNC2)c1. The van der Waals surface area contributed by atoms with Crippen molar-refractivity contribution in [1.82, 2.24) is 45.3 Å². The second-order valence-corrected chi connectivity index (χ2v) is 19.6. The fraction of sp³-hybridized carbons (Fsp3) is 0.538. The predicted molar refractivity (Wildman–Crippen MR) is 255 cm³/mol. The van der Waals surface area contributed by atoms with Gasteiger partial charge in [0.1, 0.15) is 11.9 Å². The number of carbonyl (C=O) groups excluding carboxylic acids is 4. The molecule has 1 aromatic heterocycles. The van der Waals surface area contributed by atoms with Gasteiger partial charge in [-0.1, -0.05) is 55.7 Å². The van der Waals surface area contributed by atoms with Crippen molar-refractivity contribution in [2.24, 2.45) is 11.8 Å². The first-order valence-corrected chi connectivity index (χ1v) is 24.8. The Hall–Kier alpha value is -5.51. The summed E-state index contributed by atoms with van der Waals surface area (Å²) in [6.45, 7) is 9.44. The highest BCUT2D eigenvalue weighted by Gasteiger charge is 2.36. The van der Waals surface area contributed by atoms with E-state index in [2.05, 4.69) is 36.7 Å². The van der Waals surface area contributed by atoms with Crippen LogP contribution >= 0.6 is 0 Å². The van der Waals surface area contributed by atoms with Gasteiger partial charge in [0.05, 0.1) is 23.2 Å². The molecule has 4 aliphatic heterocycles. The molecule has 4 saturated heterocycles. The lowest BCUT2D eigenvalue weighted by Gasteiger charge is -2.41. The molecule has 0 radical (unpaired) electrons. The Kier molecular flexibility index (Phi) is 15.0. The van der Waals surface area contributed by atoms with Gasteiger partial charge in [0.2, 0.25) is 11.8 Å². The number of aromatic nitrogens is 2. The van der Waals surface area contributed by atoms with Gasteiger partial charge < -0.3 is 30.2 Å². The number of nitrogens with one attached hydrogen (secondary N) is 3. The van der Waals surface area contributed by atoms with E-state index in [1.165, 1.54) is 18.1 Å². The highest BCUT2D eigenvalue weighted by molar-refractivity contribution is 5.98. The molecule has 356 valence electrons. The normalized spacial score (nSPS) is 21.0. The van der Waals surface area contributed by atoms with Crippen LogP contribution in [-0.4, -0.2) is 156 Å². The van der Waals surface area contributed by atoms with E-state index in [0.29, 0.717) is 91.7 Å². The number of likely N-dealkylation sites (tertiary alicyclic amines) is 1. The van der Waals surface area contributed by atoms with E-state index in [4.69, 9.17) is 0 Å². The van der Waals surface area contributed by atoms with Crippen LogP contribution in [0.5, 0.6) is 0 Å². The molecule has 3 aromatic carbocycles. The standard InChI is InChI=1S/C52H66FN9O5/c53-45-16-15-37(31-46-42-13-4-5-14-43(42)50(65)57-56-46)30-44(45)51(66)62-28-26-60(27-29-62)47(63)35-59-24-22-58(23-25-59)34-36-17-20-61(21-18-36)52(67)48(38-8-2-1-3-9-38)55-49(64)40-11-6-10-39(32-40)41-12-7-19-54-33-41/h4-6,10-11,13-16,30,32,36,38,41,48,54H,1-3,7-9,12,17-29,31,33-35H2,(H,55,64)(H,57,65)/t41-,48-/m1/s1. The third kappa shape index (κ3) is 11.3. The zero-order chi connectivity index (χ0) is 46.3. The maximum absolute atomic E-state index is 15.1. The minimum Gasteiger partial charge on any atom is -0.341 e. The summed E-state index contributed by atoms with van der Waals surface area (Å²) in [5.41, 5.74) is 2.86. The molecule has 5 aliphatic rings. The molecule has 3 N–H and O–H groups in total. The molecule has 14 nitrogen and oxygen atoms in total. The van der Waals surface area contributed by atoms with E-state index < -0.39 is 17.8 Å². The van der Waals surface area contributed by atoms with Crippen molar-refractivity contribution in [3.8, 4) is 0 Å². The summed E-state index contributed by atoms with van der Waals surface area (Å²) in [5, 5.41) is 14.7. The van der Waals surface area contributed by atoms with E-state index in [-0.39, 0.29) is 34.8 Å². The van der Waals surface area contributed by atoms with Crippen LogP contribution in [0.15, 0.2) is 71.5 Å². The maximum atomic E-state index is 15.1. The third-order valence-electron chi connectivity index (χ3n) is 15.2. The fourth-order valence-electron chi connectivity index (χ4n) is 11.1. The van der Waals surface area contributed by atoms with E-state index in [9.17, 15) is 24.0 Å². The number of carbonyl (C=O) groups is 4. The number of hydrogen-bond acceptors (Lipinski definition) is 9. The minimum absolute atomic E-state index is 0.0169. The van der Waals surface area contributed by atoms with Gasteiger partial charge in [-0.2, -0.15) is 5.10 Å². The van der Waals surface area contributed by atoms with Gasteiger partial charge in [0.15, 0.2) is 0 Å². The molecule has 15 heteroatoms. The third-order valence-corrected chi connectivity index (χ3v) is 15.2. The summed E-state index contributed by atoms with van der Waals surface area (Å²) in [6.07, 6.45) is 9.74. The van der Waals surface area contributed by atoms with Gasteiger partial charge in [0, 0.05) is 95.9 Å². The predicted octanol–water partition coefficient (Wildman–Crippen LogP) is 4.64. The van der Waals surface area contributed by atoms with Crippen LogP contribution in [-0.2, 0) is 16.0 Å². The lowest BCUT2D eigenvalue weighted by molar-refractivity contribution is -0.137. The summed E-state index contributed by atoms with van der Waals surface area (Å²) in [7, 11) is 0. The van der Waals surface area contributed by atoms with Gasteiger partial charge in [-0.15, -0.1) is 0 Å². The smallest absolute Gasteiger partial charge is 0.272 e. The second kappa shape index (κ2) is 21.6. The number of halogens is 1. The summed E-state index contributed by atoms with van der Waals surface area (Å²) < 4.78 is 15.1. The first-order chi connectivity index (χ1) is 32.7. The molecule has 9 rings (SSSR count). The Bertz CT molecular complexity index is 2450. The molecule has 0 spiro atoms. The number of hydrogen-bond donors (Lipinski definition) is 3. The number of piperidine rings is 2. The van der Waals surface area contributed by atoms with Crippen LogP contribution in [0.1, 0.15) is 101 Å². The molecule has 5 heterocycles. The van der Waals surface area contributed by atoms with Crippen LogP contribution in [0.3, 0.4) is 0 Å². The molecule has 0 unspecified atom stereocenters. The maximum Gasteiger partial charge on any atom is 0.272 e. The lowest BCUT2D eigenvalue weighted by atomic mass is 9.82. The highest BCUT2D eigenvalue weighted by Crippen LogP contribution is 2.30. The number of rotatable bonds is 12. The number of fused-ring (bicyclic) bond motifs is 1. The van der Waals surface area contributed by atoms with Crippen LogP contribution in [0.25, 0.3) is 10.8 Å². The fourth-order valence-corrected chi connectivity index (χ4v) is 11.1. The van der Waals surface area contributed by atoms with Gasteiger partial charge >= 0.3 is 0 Å². The zero-order valence-electron chi connectivity index (χ0n) is 38.7. The monoisotopic (exact) mass is 916 g/mol. The minimum atomic E-state index is -0.600. The Balaban J connectivity index is 0.705. The van der Waals surface area contributed by atoms with Crippen molar-refractivity contribution in [2.45, 2.75) is 76.2 Å². The summed E-state index contributed by atoms with van der Waals surface area (Å²) in [5.74, 6) is 0.00994. The first kappa shape index (κ1) is 46.6. The van der Waals surface area contributed by atoms with E-state index in [0.717, 1.165) is 97.2 Å². The largest absolute Gasteiger partial charge is 0.341 e. The van der Waals surface area contributed by atoms with Gasteiger partial charge in [0.25, 0.3) is 17.4 Å². The Morgan fingerprint density at radius 3 is 2.21 bits per heavy atom. The summed E-state index contributed by atoms with van der Waals surface area (Å²) in [6, 6.07) is 19.2. The molecule has 2 atom stereocenters. The molecular weight excluding hydrogens is 850 g/mol. The number of piperazine rings is 2. The van der Waals surface area contributed by atoms with E-state index in [1.54, 1.807) is 29.2 Å². The second-order valence-electron chi connectivity index (χ2n) is 19.6. The number of benzene rings is 3. The molecule has 0 bridgehead atoms. The molecule has 1 saturated carbocycles. The number of amides is 4. The van der Waals surface area contributed by atoms with Crippen molar-refractivity contribution < 1.29 is 23.6 Å². The summed E-state index contributed by atoms with van der Waals surface area (Å²) in [4.78, 5) is 77.4. The number of aromatic amines is 1. The highest BCUT2D eigenvalue weighted by atomic mass is 19.1. The topological polar surface area (TPSA) is 154 Å². The average Bonchev–Trinajstić information content (AvgIpc) is 3.38. The Morgan fingerprint density at radius 2 is 1.46 bits per heavy atom. The van der Waals surface area contributed by atoms with Crippen molar-refractivity contribution in [3.05, 3.63) is 111 Å². The van der Waals surface area contributed by atoms with E-state index in [1.807, 2.05) is 40.1 Å². The number of H-pyrrole nitrogens is 1. The van der Waals surface area contributed by atoms with Crippen molar-refractivity contribution in [1.29, 1.82) is 0 Å². The van der Waals surface area contributed by atoms with E-state index >= 15 is 4.39 Å². The molecule has 5 fully saturated rings. The quantitative estimate of drug-likeness (QED) is 0.185. The Labute approximate surface area is 392 Å². The zero-order valence-corrected chi connectivity index (χ0v) is 38.7. The lowest BCUT2D eigenvalue weighted by Crippen LogP contribution is -2.55. The molecule has 4 amide bonds. The van der Waals surface area contributed by atoms with Gasteiger partial charge in [-0.05, 0) is 104 Å². The van der Waals surface area contributed by atoms with Crippen LogP contribution < -0.4 is 16.2 Å². The first-order valence-electron chi connectivity index (χ1n) is 24.8. The molecular formula is C52H66FN9O5. The van der Waals surface area contributed by atoms with Crippen LogP contribution in [0, 0.1) is 17.7 Å². The van der Waals surface area contributed by atoms with Crippen molar-refractivity contribution in [3.63, 3.8) is 0 Å². The molecule has 1 aliphatic carbocycles. The van der Waals surface area contributed by atoms with Crippen LogP contribution in [0.2, 0.25) is 0 Å². The molecule has 4 aromatic rings. The van der Waals surface area contributed by atoms with Crippen molar-refractivity contribution in [2.75, 3.05) is 91.6 Å². The van der Waals surface area contributed by atoms with Crippen molar-refractivity contribution >= 4 is 34.4 Å². The van der Waals surface area contributed by atoms with Crippen LogP contribution in [0.4, 0.5) is 4.39 Å². The molecule has 67 heavy (non-hydrogen) atoms. The number of nitrogens with zero attached hydrogens (tertiary/aromatic N) is 6.